The van der Waals surface area contributed by atoms with Crippen molar-refractivity contribution >= 4 is 48.1 Å². The van der Waals surface area contributed by atoms with Gasteiger partial charge in [-0.2, -0.15) is 0 Å². The van der Waals surface area contributed by atoms with E-state index in [1.165, 1.54) is 4.90 Å². The molecule has 1 aliphatic rings. The molecule has 2 amide bonds. The van der Waals surface area contributed by atoms with Gasteiger partial charge in [0.05, 0.1) is 27.4 Å². The summed E-state index contributed by atoms with van der Waals surface area (Å²) in [5, 5.41) is 0.206. The molecule has 0 spiro atoms. The topological polar surface area (TPSA) is 63.4 Å². The Morgan fingerprint density at radius 1 is 1.22 bits per heavy atom. The third-order valence-corrected chi connectivity index (χ3v) is 4.47. The van der Waals surface area contributed by atoms with E-state index in [0.29, 0.717) is 16.8 Å². The van der Waals surface area contributed by atoms with Gasteiger partial charge < -0.3 is 5.73 Å². The molecule has 0 saturated carbocycles. The Labute approximate surface area is 140 Å². The predicted octanol–water partition coefficient (Wildman–Crippen LogP) is 2.19. The largest absolute Gasteiger partial charge is 0.365 e. The Balaban J connectivity index is 2.31. The minimum atomic E-state index is -0.736. The van der Waals surface area contributed by atoms with Crippen molar-refractivity contribution in [3.63, 3.8) is 0 Å². The van der Waals surface area contributed by atoms with E-state index in [0.717, 1.165) is 5.56 Å². The number of carbonyl (C=O) groups excluding carboxylic acids is 2. The van der Waals surface area contributed by atoms with E-state index in [9.17, 15) is 9.59 Å². The highest BCUT2D eigenvalue weighted by molar-refractivity contribution is 6.35. The lowest BCUT2D eigenvalue weighted by Crippen LogP contribution is -2.34. The van der Waals surface area contributed by atoms with Crippen molar-refractivity contribution in [3.8, 4) is 0 Å². The Hall–Kier alpha value is -2.27. The average molecular weight is 325 g/mol. The van der Waals surface area contributed by atoms with Crippen molar-refractivity contribution in [1.29, 1.82) is 0 Å². The molecule has 114 valence electrons. The van der Waals surface area contributed by atoms with E-state index in [2.05, 4.69) is 0 Å². The summed E-state index contributed by atoms with van der Waals surface area (Å²) < 4.78 is 0. The Morgan fingerprint density at radius 3 is 2.57 bits per heavy atom. The van der Waals surface area contributed by atoms with Crippen molar-refractivity contribution in [1.82, 2.24) is 0 Å². The highest BCUT2D eigenvalue weighted by atomic mass is 35.5. The average Bonchev–Trinajstić information content (AvgIpc) is 2.65. The second-order valence-electron chi connectivity index (χ2n) is 6.04. The number of nitrogens with zero attached hydrogens (tertiary/aromatic N) is 1. The summed E-state index contributed by atoms with van der Waals surface area (Å²) in [5.41, 5.74) is 7.22. The molecule has 0 unspecified atom stereocenters. The SMILES string of the molecule is [B]c1ccc2c(c1)N(c1cccc(Cl)c1C(N)=O)C(=O)C2(C)C. The maximum atomic E-state index is 13.0. The number of benzene rings is 2. The molecule has 0 saturated heterocycles. The number of hydrogen-bond donors (Lipinski definition) is 1. The van der Waals surface area contributed by atoms with Crippen LogP contribution in [-0.2, 0) is 10.2 Å². The standard InChI is InChI=1S/C17H14BClN2O2/c1-17(2)10-7-6-9(18)8-13(10)21(16(17)23)12-5-3-4-11(19)14(12)15(20)22/h3-8H,1-2H3,(H2,20,22). The first kappa shape index (κ1) is 15.6. The number of fused-ring (bicyclic) bond motifs is 1. The van der Waals surface area contributed by atoms with Crippen molar-refractivity contribution in [2.24, 2.45) is 5.73 Å². The normalized spacial score (nSPS) is 15.6. The molecule has 4 nitrogen and oxygen atoms in total. The first-order valence-electron chi connectivity index (χ1n) is 7.08. The first-order valence-corrected chi connectivity index (χ1v) is 7.46. The van der Waals surface area contributed by atoms with Crippen LogP contribution in [0, 0.1) is 0 Å². The van der Waals surface area contributed by atoms with Gasteiger partial charge in [-0.25, -0.2) is 0 Å². The zero-order valence-corrected chi connectivity index (χ0v) is 13.5. The maximum Gasteiger partial charge on any atom is 0.252 e. The van der Waals surface area contributed by atoms with Gasteiger partial charge in [-0.15, -0.1) is 0 Å². The molecule has 0 aliphatic carbocycles. The van der Waals surface area contributed by atoms with Crippen LogP contribution in [0.3, 0.4) is 0 Å². The van der Waals surface area contributed by atoms with E-state index in [4.69, 9.17) is 25.2 Å². The second kappa shape index (κ2) is 5.13. The summed E-state index contributed by atoms with van der Waals surface area (Å²) in [5.74, 6) is -0.851. The van der Waals surface area contributed by atoms with Crippen molar-refractivity contribution in [2.75, 3.05) is 4.90 Å². The molecule has 23 heavy (non-hydrogen) atoms. The van der Waals surface area contributed by atoms with Crippen LogP contribution in [0.25, 0.3) is 0 Å². The minimum absolute atomic E-state index is 0.119. The molecule has 3 rings (SSSR count). The fourth-order valence-electron chi connectivity index (χ4n) is 2.95. The zero-order chi connectivity index (χ0) is 16.9. The van der Waals surface area contributed by atoms with Gasteiger partial charge >= 0.3 is 0 Å². The zero-order valence-electron chi connectivity index (χ0n) is 12.8. The van der Waals surface area contributed by atoms with Gasteiger partial charge in [-0.05, 0) is 37.6 Å². The smallest absolute Gasteiger partial charge is 0.252 e. The van der Waals surface area contributed by atoms with E-state index in [-0.39, 0.29) is 16.5 Å². The lowest BCUT2D eigenvalue weighted by molar-refractivity contribution is -0.121. The van der Waals surface area contributed by atoms with Gasteiger partial charge in [0.1, 0.15) is 7.85 Å². The van der Waals surface area contributed by atoms with Crippen LogP contribution in [-0.4, -0.2) is 19.7 Å². The molecule has 2 radical (unpaired) electrons. The highest BCUT2D eigenvalue weighted by Crippen LogP contribution is 2.46. The summed E-state index contributed by atoms with van der Waals surface area (Å²) in [7, 11) is 5.88. The summed E-state index contributed by atoms with van der Waals surface area (Å²) in [4.78, 5) is 26.3. The number of primary amides is 1. The molecule has 2 aromatic carbocycles. The van der Waals surface area contributed by atoms with Crippen LogP contribution in [0.5, 0.6) is 0 Å². The molecule has 1 heterocycles. The predicted molar refractivity (Wildman–Crippen MR) is 92.0 cm³/mol. The van der Waals surface area contributed by atoms with Gasteiger partial charge in [0.15, 0.2) is 0 Å². The van der Waals surface area contributed by atoms with Gasteiger partial charge in [-0.3, -0.25) is 14.5 Å². The molecular formula is C17H14BClN2O2. The first-order chi connectivity index (χ1) is 10.7. The Morgan fingerprint density at radius 2 is 1.91 bits per heavy atom. The summed E-state index contributed by atoms with van der Waals surface area (Å²) in [6.07, 6.45) is 0. The fraction of sp³-hybridized carbons (Fsp3) is 0.176. The molecule has 2 N–H and O–H groups in total. The number of rotatable bonds is 2. The van der Waals surface area contributed by atoms with Crippen molar-refractivity contribution < 1.29 is 9.59 Å². The van der Waals surface area contributed by atoms with Crippen LogP contribution in [0.2, 0.25) is 5.02 Å². The number of nitrogens with two attached hydrogens (primary N) is 1. The van der Waals surface area contributed by atoms with Gasteiger partial charge in [-0.1, -0.05) is 35.3 Å². The van der Waals surface area contributed by atoms with Crippen LogP contribution in [0.4, 0.5) is 11.4 Å². The maximum absolute atomic E-state index is 13.0. The molecule has 2 aromatic rings. The summed E-state index contributed by atoms with van der Waals surface area (Å²) >= 11 is 6.12. The number of amides is 2. The third-order valence-electron chi connectivity index (χ3n) is 4.15. The monoisotopic (exact) mass is 324 g/mol. The number of hydrogen-bond acceptors (Lipinski definition) is 2. The fourth-order valence-corrected chi connectivity index (χ4v) is 3.21. The van der Waals surface area contributed by atoms with Gasteiger partial charge in [0.25, 0.3) is 5.91 Å². The van der Waals surface area contributed by atoms with Crippen molar-refractivity contribution in [3.05, 3.63) is 52.5 Å². The molecule has 0 atom stereocenters. The number of anilines is 2. The summed E-state index contributed by atoms with van der Waals surface area (Å²) in [6, 6.07) is 10.2. The third kappa shape index (κ3) is 2.23. The molecule has 1 aliphatic heterocycles. The lowest BCUT2D eigenvalue weighted by Gasteiger charge is -2.23. The molecule has 6 heteroatoms. The molecule has 0 bridgehead atoms. The molecule has 0 aromatic heterocycles. The second-order valence-corrected chi connectivity index (χ2v) is 6.45. The van der Waals surface area contributed by atoms with Crippen LogP contribution < -0.4 is 16.1 Å². The minimum Gasteiger partial charge on any atom is -0.365 e. The van der Waals surface area contributed by atoms with Gasteiger partial charge in [0, 0.05) is 0 Å². The molecule has 0 fully saturated rings. The summed E-state index contributed by atoms with van der Waals surface area (Å²) in [6.45, 7) is 3.66. The Kier molecular flexibility index (Phi) is 3.49. The van der Waals surface area contributed by atoms with E-state index >= 15 is 0 Å². The lowest BCUT2D eigenvalue weighted by atomic mass is 9.84. The van der Waals surface area contributed by atoms with Crippen LogP contribution >= 0.6 is 11.6 Å². The van der Waals surface area contributed by atoms with E-state index in [1.54, 1.807) is 30.3 Å². The van der Waals surface area contributed by atoms with E-state index in [1.807, 2.05) is 19.9 Å². The van der Waals surface area contributed by atoms with Gasteiger partial charge in [0.2, 0.25) is 5.91 Å². The van der Waals surface area contributed by atoms with Crippen LogP contribution in [0.1, 0.15) is 29.8 Å². The Bertz CT molecular complexity index is 848. The number of halogens is 1. The molecular weight excluding hydrogens is 310 g/mol. The highest BCUT2D eigenvalue weighted by Gasteiger charge is 2.45. The van der Waals surface area contributed by atoms with Crippen LogP contribution in [0.15, 0.2) is 36.4 Å². The van der Waals surface area contributed by atoms with Crippen molar-refractivity contribution in [2.45, 2.75) is 19.3 Å². The number of carbonyl (C=O) groups is 2. The quantitative estimate of drug-likeness (QED) is 0.861. The van der Waals surface area contributed by atoms with E-state index < -0.39 is 11.3 Å².